The van der Waals surface area contributed by atoms with Gasteiger partial charge in [-0.1, -0.05) is 12.1 Å². The Kier molecular flexibility index (Phi) is 12.3. The van der Waals surface area contributed by atoms with Crippen molar-refractivity contribution in [2.45, 2.75) is 45.7 Å². The highest BCUT2D eigenvalue weighted by Crippen LogP contribution is 2.40. The number of aryl methyl sites for hydroxylation is 1. The van der Waals surface area contributed by atoms with Gasteiger partial charge in [-0.15, -0.1) is 11.3 Å². The summed E-state index contributed by atoms with van der Waals surface area (Å²) in [7, 11) is 0. The highest BCUT2D eigenvalue weighted by molar-refractivity contribution is 7.12. The molecule has 3 aromatic heterocycles. The van der Waals surface area contributed by atoms with Crippen LogP contribution in [-0.2, 0) is 9.59 Å². The lowest BCUT2D eigenvalue weighted by Crippen LogP contribution is -2.50. The predicted molar refractivity (Wildman–Crippen MR) is 261 cm³/mol. The normalized spacial score (nSPS) is 19.4. The second-order valence-electron chi connectivity index (χ2n) is 17.7. The summed E-state index contributed by atoms with van der Waals surface area (Å²) in [4.78, 5) is 40.6. The maximum Gasteiger partial charge on any atom is 0.254 e. The number of thiophene rings is 1. The smallest absolute Gasteiger partial charge is 0.254 e. The number of piperazine rings is 2. The molecule has 2 unspecified atom stereocenters. The number of rotatable bonds is 7. The Balaban J connectivity index is 0.000000159. The first-order valence-corrected chi connectivity index (χ1v) is 23.9. The first-order chi connectivity index (χ1) is 32.6. The van der Waals surface area contributed by atoms with Crippen LogP contribution in [-0.4, -0.2) is 107 Å². The molecule has 0 aliphatic carbocycles. The molecule has 5 aliphatic rings. The number of amides is 2. The van der Waals surface area contributed by atoms with E-state index in [-0.39, 0.29) is 35.5 Å². The van der Waals surface area contributed by atoms with Crippen molar-refractivity contribution in [1.29, 1.82) is 0 Å². The van der Waals surface area contributed by atoms with Gasteiger partial charge in [0.05, 0.1) is 23.5 Å². The van der Waals surface area contributed by atoms with Crippen LogP contribution in [0.2, 0.25) is 0 Å². The van der Waals surface area contributed by atoms with Crippen molar-refractivity contribution in [3.8, 4) is 0 Å². The number of halogens is 2. The molecule has 346 valence electrons. The monoisotopic (exact) mass is 923 g/mol. The Morgan fingerprint density at radius 1 is 0.522 bits per heavy atom. The van der Waals surface area contributed by atoms with E-state index in [4.69, 9.17) is 0 Å². The number of hydrogen-bond donors (Lipinski definition) is 2. The van der Waals surface area contributed by atoms with Gasteiger partial charge in [0.25, 0.3) is 11.8 Å². The summed E-state index contributed by atoms with van der Waals surface area (Å²) in [5.41, 5.74) is 7.46. The molecule has 13 nitrogen and oxygen atoms in total. The molecule has 0 bridgehead atoms. The molecule has 67 heavy (non-hydrogen) atoms. The molecule has 6 aromatic rings. The Labute approximate surface area is 393 Å². The Morgan fingerprint density at radius 2 is 0.940 bits per heavy atom. The van der Waals surface area contributed by atoms with Gasteiger partial charge >= 0.3 is 0 Å². The maximum atomic E-state index is 14.0. The molecular weight excluding hydrogens is 869 g/mol. The fourth-order valence-corrected chi connectivity index (χ4v) is 10.9. The fourth-order valence-electron chi connectivity index (χ4n) is 9.96. The number of carbonyl (C=O) groups is 2. The van der Waals surface area contributed by atoms with Crippen LogP contribution in [0.15, 0.2) is 132 Å². The number of anilines is 5. The van der Waals surface area contributed by atoms with Crippen molar-refractivity contribution in [3.05, 3.63) is 159 Å². The van der Waals surface area contributed by atoms with E-state index in [1.807, 2.05) is 45.1 Å². The second-order valence-corrected chi connectivity index (χ2v) is 19.0. The van der Waals surface area contributed by atoms with Gasteiger partial charge in [-0.25, -0.2) is 18.1 Å². The van der Waals surface area contributed by atoms with Crippen LogP contribution < -0.4 is 25.3 Å². The van der Waals surface area contributed by atoms with E-state index in [1.54, 1.807) is 48.0 Å². The van der Waals surface area contributed by atoms with Crippen LogP contribution in [0.1, 0.15) is 54.1 Å². The average Bonchev–Trinajstić information content (AvgIpc) is 4.21. The topological polar surface area (TPSA) is 110 Å². The van der Waals surface area contributed by atoms with Gasteiger partial charge in [0.1, 0.15) is 35.4 Å². The summed E-state index contributed by atoms with van der Waals surface area (Å²) in [6.07, 6.45) is 6.01. The molecule has 0 saturated carbocycles. The largest absolute Gasteiger partial charge is 0.372 e. The van der Waals surface area contributed by atoms with Crippen LogP contribution in [0.4, 0.5) is 37.5 Å². The second kappa shape index (κ2) is 18.7. The van der Waals surface area contributed by atoms with Crippen LogP contribution in [0.3, 0.4) is 0 Å². The first-order valence-electron chi connectivity index (χ1n) is 23.1. The average molecular weight is 924 g/mol. The summed E-state index contributed by atoms with van der Waals surface area (Å²) in [6, 6.07) is 29.3. The fraction of sp³-hybridized carbons (Fsp3) is 0.333. The number of nitrogens with one attached hydrogen (secondary N) is 2. The number of fused-ring (bicyclic) bond motifs is 2. The molecule has 5 aliphatic heterocycles. The highest BCUT2D eigenvalue weighted by Gasteiger charge is 2.38. The molecule has 11 rings (SSSR count). The van der Waals surface area contributed by atoms with Gasteiger partial charge in [0.15, 0.2) is 0 Å². The van der Waals surface area contributed by atoms with Crippen molar-refractivity contribution >= 4 is 51.8 Å². The van der Waals surface area contributed by atoms with Gasteiger partial charge in [-0.2, -0.15) is 10.2 Å². The summed E-state index contributed by atoms with van der Waals surface area (Å²) in [5.74, 6) is 1.38. The zero-order chi connectivity index (χ0) is 46.2. The minimum atomic E-state index is -0.286. The molecule has 0 spiro atoms. The molecule has 8 heterocycles. The molecule has 3 aromatic carbocycles. The predicted octanol–water partition coefficient (Wildman–Crippen LogP) is 8.29. The Bertz CT molecular complexity index is 2790. The zero-order valence-corrected chi connectivity index (χ0v) is 38.9. The lowest BCUT2D eigenvalue weighted by molar-refractivity contribution is -0.128. The number of nitrogens with zero attached hydrogens (tertiary/aromatic N) is 9. The number of benzene rings is 3. The molecule has 2 N–H and O–H groups in total. The number of carbonyl (C=O) groups excluding carboxylic acids is 2. The van der Waals surface area contributed by atoms with Crippen molar-refractivity contribution in [2.75, 3.05) is 90.8 Å². The molecule has 3 fully saturated rings. The summed E-state index contributed by atoms with van der Waals surface area (Å²) in [6.45, 7) is 13.5. The van der Waals surface area contributed by atoms with Gasteiger partial charge in [0.2, 0.25) is 0 Å². The van der Waals surface area contributed by atoms with Crippen molar-refractivity contribution in [1.82, 2.24) is 29.4 Å². The number of aromatic nitrogens is 4. The van der Waals surface area contributed by atoms with Gasteiger partial charge < -0.3 is 35.1 Å². The molecule has 0 radical (unpaired) electrons. The third-order valence-electron chi connectivity index (χ3n) is 13.5. The Morgan fingerprint density at radius 3 is 1.39 bits per heavy atom. The maximum absolute atomic E-state index is 14.0. The third kappa shape index (κ3) is 8.89. The molecule has 2 atom stereocenters. The van der Waals surface area contributed by atoms with E-state index in [9.17, 15) is 18.4 Å². The summed E-state index contributed by atoms with van der Waals surface area (Å²) < 4.78 is 30.4. The van der Waals surface area contributed by atoms with Crippen molar-refractivity contribution < 1.29 is 18.4 Å². The van der Waals surface area contributed by atoms with Crippen LogP contribution in [0, 0.1) is 18.6 Å². The summed E-state index contributed by atoms with van der Waals surface area (Å²) >= 11 is 1.70. The Hall–Kier alpha value is -6.94. The first kappa shape index (κ1) is 43.9. The van der Waals surface area contributed by atoms with Gasteiger partial charge in [-0.05, 0) is 112 Å². The van der Waals surface area contributed by atoms with Gasteiger partial charge in [-0.3, -0.25) is 9.59 Å². The summed E-state index contributed by atoms with van der Waals surface area (Å²) in [5, 5.41) is 15.8. The van der Waals surface area contributed by atoms with E-state index >= 15 is 0 Å². The SMILES string of the molecule is CC1=C(C(=O)N2CCN(c3ccc(F)cc3)CC2)C(c2ccc(C)s2)n2nccc2N1.CC1=C(C(=O)N2CCN(c3ccc(F)cc3)CC2)C(c2ccc(N3CCCC3)cc2)n2nccc2N1. The van der Waals surface area contributed by atoms with E-state index in [0.717, 1.165) is 69.1 Å². The lowest BCUT2D eigenvalue weighted by Gasteiger charge is -2.38. The van der Waals surface area contributed by atoms with Crippen LogP contribution in [0.25, 0.3) is 0 Å². The van der Waals surface area contributed by atoms with Crippen LogP contribution >= 0.6 is 11.3 Å². The minimum absolute atomic E-state index is 0.0357. The lowest BCUT2D eigenvalue weighted by atomic mass is 9.94. The van der Waals surface area contributed by atoms with E-state index in [0.29, 0.717) is 52.4 Å². The molecular formula is C51H55F2N11O2S. The number of hydrogen-bond acceptors (Lipinski definition) is 10. The minimum Gasteiger partial charge on any atom is -0.372 e. The van der Waals surface area contributed by atoms with E-state index in [2.05, 4.69) is 78.9 Å². The van der Waals surface area contributed by atoms with Crippen molar-refractivity contribution in [3.63, 3.8) is 0 Å². The molecule has 16 heteroatoms. The number of allylic oxidation sites excluding steroid dienone is 2. The zero-order valence-electron chi connectivity index (χ0n) is 38.0. The van der Waals surface area contributed by atoms with E-state index in [1.165, 1.54) is 47.7 Å². The standard InChI is InChI=1S/C28H31FN6O.C23H24FN5OS/c1-20-26(28(36)34-18-16-33(17-19-34)24-10-6-22(29)7-11-24)27(35-25(31-20)12-13-30-35)21-4-8-23(9-5-21)32-14-2-3-15-32;1-15-3-8-19(31-15)22-21(16(2)26-20-9-10-25-29(20)22)23(30)28-13-11-27(12-14-28)18-6-4-17(24)5-7-18/h4-13,27,31H,2-3,14-19H2,1H3;3-10,22,26H,11-14H2,1-2H3. The third-order valence-corrected chi connectivity index (χ3v) is 14.6. The van der Waals surface area contributed by atoms with Crippen molar-refractivity contribution in [2.24, 2.45) is 0 Å². The van der Waals surface area contributed by atoms with E-state index < -0.39 is 0 Å². The van der Waals surface area contributed by atoms with Gasteiger partial charge in [0, 0.05) is 116 Å². The highest BCUT2D eigenvalue weighted by atomic mass is 32.1. The molecule has 2 amide bonds. The van der Waals surface area contributed by atoms with Crippen LogP contribution in [0.5, 0.6) is 0 Å². The molecule has 3 saturated heterocycles. The quantitative estimate of drug-likeness (QED) is 0.164.